The van der Waals surface area contributed by atoms with E-state index in [1.807, 2.05) is 48.7 Å². The first kappa shape index (κ1) is 15.4. The van der Waals surface area contributed by atoms with Crippen molar-refractivity contribution in [3.8, 4) is 0 Å². The van der Waals surface area contributed by atoms with Crippen LogP contribution in [0.4, 0.5) is 0 Å². The highest BCUT2D eigenvalue weighted by Crippen LogP contribution is 2.22. The molecular weight excluding hydrogens is 280 g/mol. The molecule has 0 aliphatic carbocycles. The molecule has 3 nitrogen and oxygen atoms in total. The van der Waals surface area contributed by atoms with Gasteiger partial charge >= 0.3 is 0 Å². The smallest absolute Gasteiger partial charge is 0.267 e. The zero-order valence-electron chi connectivity index (χ0n) is 12.8. The second-order valence-electron chi connectivity index (χ2n) is 5.94. The van der Waals surface area contributed by atoms with Crippen molar-refractivity contribution in [2.75, 3.05) is 0 Å². The molecule has 0 radical (unpaired) electrons. The fraction of sp³-hybridized carbons (Fsp3) is 0.294. The predicted octanol–water partition coefficient (Wildman–Crippen LogP) is 4.20. The molecule has 110 valence electrons. The van der Waals surface area contributed by atoms with Crippen LogP contribution in [-0.2, 0) is 5.41 Å². The van der Waals surface area contributed by atoms with E-state index in [2.05, 4.69) is 31.3 Å². The number of carbonyl (C=O) groups is 1. The normalized spacial score (nSPS) is 12.3. The van der Waals surface area contributed by atoms with Gasteiger partial charge in [-0.25, -0.2) is 5.43 Å². The van der Waals surface area contributed by atoms with Gasteiger partial charge in [0, 0.05) is 10.4 Å². The summed E-state index contributed by atoms with van der Waals surface area (Å²) in [6.07, 6.45) is 0. The first-order chi connectivity index (χ1) is 9.88. The second-order valence-corrected chi connectivity index (χ2v) is 6.89. The molecule has 0 bridgehead atoms. The Hall–Kier alpha value is -1.94. The highest BCUT2D eigenvalue weighted by molar-refractivity contribution is 7.12. The largest absolute Gasteiger partial charge is 0.271 e. The molecule has 0 fully saturated rings. The van der Waals surface area contributed by atoms with Crippen molar-refractivity contribution >= 4 is 23.0 Å². The standard InChI is InChI=1S/C17H20N2OS/c1-12(15-6-5-11-21-15)18-19-16(20)13-7-9-14(10-8-13)17(2,3)4/h5-11H,1-4H3,(H,19,20). The molecule has 0 unspecified atom stereocenters. The number of nitrogens with one attached hydrogen (secondary N) is 1. The summed E-state index contributed by atoms with van der Waals surface area (Å²) in [5.74, 6) is -0.189. The van der Waals surface area contributed by atoms with E-state index < -0.39 is 0 Å². The molecule has 0 aliphatic rings. The lowest BCUT2D eigenvalue weighted by molar-refractivity contribution is 0.0955. The third-order valence-electron chi connectivity index (χ3n) is 3.22. The van der Waals surface area contributed by atoms with Crippen molar-refractivity contribution in [2.45, 2.75) is 33.1 Å². The van der Waals surface area contributed by atoms with Crippen LogP contribution in [-0.4, -0.2) is 11.6 Å². The van der Waals surface area contributed by atoms with Gasteiger partial charge in [0.25, 0.3) is 5.91 Å². The number of hydrogen-bond acceptors (Lipinski definition) is 3. The summed E-state index contributed by atoms with van der Waals surface area (Å²) in [7, 11) is 0. The number of hydrazone groups is 1. The third-order valence-corrected chi connectivity index (χ3v) is 4.19. The van der Waals surface area contributed by atoms with Gasteiger partial charge in [0.2, 0.25) is 0 Å². The van der Waals surface area contributed by atoms with Crippen LogP contribution in [0.25, 0.3) is 0 Å². The Morgan fingerprint density at radius 3 is 2.33 bits per heavy atom. The number of benzene rings is 1. The van der Waals surface area contributed by atoms with Crippen molar-refractivity contribution in [1.82, 2.24) is 5.43 Å². The van der Waals surface area contributed by atoms with Crippen molar-refractivity contribution in [1.29, 1.82) is 0 Å². The zero-order chi connectivity index (χ0) is 15.5. The number of rotatable bonds is 3. The fourth-order valence-corrected chi connectivity index (χ4v) is 2.54. The lowest BCUT2D eigenvalue weighted by Crippen LogP contribution is -2.19. The molecule has 2 rings (SSSR count). The van der Waals surface area contributed by atoms with Crippen molar-refractivity contribution in [2.24, 2.45) is 5.10 Å². The average Bonchev–Trinajstić information content (AvgIpc) is 2.98. The summed E-state index contributed by atoms with van der Waals surface area (Å²) in [5.41, 5.74) is 5.32. The molecule has 0 atom stereocenters. The molecule has 1 aromatic carbocycles. The van der Waals surface area contributed by atoms with E-state index in [4.69, 9.17) is 0 Å². The van der Waals surface area contributed by atoms with Crippen LogP contribution in [0.3, 0.4) is 0 Å². The van der Waals surface area contributed by atoms with Crippen molar-refractivity contribution in [3.63, 3.8) is 0 Å². The van der Waals surface area contributed by atoms with Gasteiger partial charge in [0.05, 0.1) is 5.71 Å². The van der Waals surface area contributed by atoms with E-state index in [-0.39, 0.29) is 11.3 Å². The first-order valence-corrected chi connectivity index (χ1v) is 7.75. The van der Waals surface area contributed by atoms with Crippen LogP contribution in [0.2, 0.25) is 0 Å². The number of carbonyl (C=O) groups excluding carboxylic acids is 1. The maximum atomic E-state index is 12.1. The molecule has 1 N–H and O–H groups in total. The molecular formula is C17H20N2OS. The monoisotopic (exact) mass is 300 g/mol. The SMILES string of the molecule is CC(=NNC(=O)c1ccc(C(C)(C)C)cc1)c1cccs1. The highest BCUT2D eigenvalue weighted by Gasteiger charge is 2.14. The molecule has 1 heterocycles. The molecule has 1 aromatic heterocycles. The summed E-state index contributed by atoms with van der Waals surface area (Å²) in [4.78, 5) is 13.1. The summed E-state index contributed by atoms with van der Waals surface area (Å²) < 4.78 is 0. The van der Waals surface area contributed by atoms with Crippen LogP contribution in [0, 0.1) is 0 Å². The maximum Gasteiger partial charge on any atom is 0.271 e. The topological polar surface area (TPSA) is 41.5 Å². The quantitative estimate of drug-likeness (QED) is 0.670. The maximum absolute atomic E-state index is 12.1. The minimum absolute atomic E-state index is 0.0862. The van der Waals surface area contributed by atoms with Crippen LogP contribution < -0.4 is 5.43 Å². The third kappa shape index (κ3) is 4.02. The van der Waals surface area contributed by atoms with Crippen LogP contribution in [0.5, 0.6) is 0 Å². The molecule has 0 aliphatic heterocycles. The zero-order valence-corrected chi connectivity index (χ0v) is 13.6. The second kappa shape index (κ2) is 6.22. The summed E-state index contributed by atoms with van der Waals surface area (Å²) in [5, 5.41) is 6.13. The molecule has 2 aromatic rings. The number of thiophene rings is 1. The molecule has 0 spiro atoms. The minimum Gasteiger partial charge on any atom is -0.267 e. The van der Waals surface area contributed by atoms with Crippen LogP contribution in [0.1, 0.15) is 48.5 Å². The van der Waals surface area contributed by atoms with Gasteiger partial charge in [-0.2, -0.15) is 5.10 Å². The summed E-state index contributed by atoms with van der Waals surface area (Å²) in [6, 6.07) is 11.6. The van der Waals surface area contributed by atoms with Crippen molar-refractivity contribution < 1.29 is 4.79 Å². The first-order valence-electron chi connectivity index (χ1n) is 6.87. The predicted molar refractivity (Wildman–Crippen MR) is 89.1 cm³/mol. The Morgan fingerprint density at radius 2 is 1.81 bits per heavy atom. The molecule has 0 saturated carbocycles. The van der Waals surface area contributed by atoms with E-state index in [1.54, 1.807) is 11.3 Å². The van der Waals surface area contributed by atoms with Crippen LogP contribution in [0.15, 0.2) is 46.9 Å². The summed E-state index contributed by atoms with van der Waals surface area (Å²) in [6.45, 7) is 8.33. The van der Waals surface area contributed by atoms with E-state index in [1.165, 1.54) is 5.56 Å². The van der Waals surface area contributed by atoms with Gasteiger partial charge in [-0.1, -0.05) is 39.0 Å². The number of nitrogens with zero attached hydrogens (tertiary/aromatic N) is 1. The Bertz CT molecular complexity index is 634. The van der Waals surface area contributed by atoms with E-state index in [0.29, 0.717) is 5.56 Å². The minimum atomic E-state index is -0.189. The fourth-order valence-electron chi connectivity index (χ4n) is 1.86. The lowest BCUT2D eigenvalue weighted by Gasteiger charge is -2.18. The Kier molecular flexibility index (Phi) is 4.58. The van der Waals surface area contributed by atoms with E-state index in [0.717, 1.165) is 10.6 Å². The Balaban J connectivity index is 2.06. The molecule has 0 saturated heterocycles. The highest BCUT2D eigenvalue weighted by atomic mass is 32.1. The molecule has 4 heteroatoms. The van der Waals surface area contributed by atoms with E-state index in [9.17, 15) is 4.79 Å². The molecule has 21 heavy (non-hydrogen) atoms. The Labute approximate surface area is 129 Å². The van der Waals surface area contributed by atoms with E-state index >= 15 is 0 Å². The van der Waals surface area contributed by atoms with Crippen LogP contribution >= 0.6 is 11.3 Å². The van der Waals surface area contributed by atoms with Gasteiger partial charge in [-0.05, 0) is 41.5 Å². The average molecular weight is 300 g/mol. The van der Waals surface area contributed by atoms with Gasteiger partial charge in [-0.3, -0.25) is 4.79 Å². The molecule has 1 amide bonds. The van der Waals surface area contributed by atoms with Gasteiger partial charge in [0.1, 0.15) is 0 Å². The number of hydrogen-bond donors (Lipinski definition) is 1. The van der Waals surface area contributed by atoms with Gasteiger partial charge in [-0.15, -0.1) is 11.3 Å². The van der Waals surface area contributed by atoms with Crippen molar-refractivity contribution in [3.05, 3.63) is 57.8 Å². The van der Waals surface area contributed by atoms with Gasteiger partial charge < -0.3 is 0 Å². The Morgan fingerprint density at radius 1 is 1.14 bits per heavy atom. The number of amides is 1. The van der Waals surface area contributed by atoms with Gasteiger partial charge in [0.15, 0.2) is 0 Å². The summed E-state index contributed by atoms with van der Waals surface area (Å²) >= 11 is 1.60. The lowest BCUT2D eigenvalue weighted by atomic mass is 9.87.